The Morgan fingerprint density at radius 1 is 1.55 bits per heavy atom. The topological polar surface area (TPSA) is 53.6 Å². The molecule has 1 aromatic carbocycles. The van der Waals surface area contributed by atoms with Gasteiger partial charge < -0.3 is 16.0 Å². The molecule has 0 fully saturated rings. The van der Waals surface area contributed by atoms with E-state index in [1.54, 1.807) is 12.1 Å². The van der Waals surface area contributed by atoms with Crippen molar-refractivity contribution < 1.29 is 4.39 Å². The summed E-state index contributed by atoms with van der Waals surface area (Å²) in [5, 5.41) is 2.91. The largest absolute Gasteiger partial charge is 0.370 e. The highest BCUT2D eigenvalue weighted by Gasteiger charge is 2.14. The molecule has 0 amide bonds. The molecule has 0 saturated carbocycles. The van der Waals surface area contributed by atoms with Crippen LogP contribution in [-0.2, 0) is 0 Å². The second-order valence-corrected chi connectivity index (χ2v) is 4.43. The number of aliphatic imine (C=N–C) groups is 1. The summed E-state index contributed by atoms with van der Waals surface area (Å²) in [5.41, 5.74) is 6.59. The average Bonchev–Trinajstić information content (AvgIpc) is 2.36. The van der Waals surface area contributed by atoms with Crippen LogP contribution < -0.4 is 11.1 Å². The van der Waals surface area contributed by atoms with E-state index >= 15 is 0 Å². The molecule has 1 unspecified atom stereocenters. The van der Waals surface area contributed by atoms with Crippen molar-refractivity contribution in [2.24, 2.45) is 10.7 Å². The van der Waals surface area contributed by atoms with Gasteiger partial charge in [-0.05, 0) is 31.8 Å². The summed E-state index contributed by atoms with van der Waals surface area (Å²) >= 11 is 0. The summed E-state index contributed by atoms with van der Waals surface area (Å²) in [6.07, 6.45) is 1.71. The van der Waals surface area contributed by atoms with Crippen molar-refractivity contribution in [2.45, 2.75) is 6.04 Å². The van der Waals surface area contributed by atoms with E-state index in [0.717, 1.165) is 5.56 Å². The predicted octanol–water partition coefficient (Wildman–Crippen LogP) is 2.14. The Hall–Kier alpha value is -1.15. The SMILES string of the molecule is C=CCNC(N)=NCC(c1cccc(F)c1)N(C)C.I. The number of rotatable bonds is 6. The first-order valence-electron chi connectivity index (χ1n) is 6.11. The quantitative estimate of drug-likeness (QED) is 0.338. The molecule has 0 spiro atoms. The van der Waals surface area contributed by atoms with E-state index in [1.807, 2.05) is 25.1 Å². The second-order valence-electron chi connectivity index (χ2n) is 4.43. The molecule has 1 rings (SSSR count). The zero-order valence-electron chi connectivity index (χ0n) is 11.8. The maximum absolute atomic E-state index is 13.3. The average molecular weight is 392 g/mol. The van der Waals surface area contributed by atoms with Gasteiger partial charge in [0.15, 0.2) is 5.96 Å². The second kappa shape index (κ2) is 9.71. The fourth-order valence-electron chi connectivity index (χ4n) is 1.70. The number of guanidine groups is 1. The highest BCUT2D eigenvalue weighted by molar-refractivity contribution is 14.0. The van der Waals surface area contributed by atoms with Crippen LogP contribution in [0.1, 0.15) is 11.6 Å². The van der Waals surface area contributed by atoms with Crippen LogP contribution in [0.25, 0.3) is 0 Å². The monoisotopic (exact) mass is 392 g/mol. The molecule has 0 aliphatic carbocycles. The lowest BCUT2D eigenvalue weighted by Gasteiger charge is -2.23. The Balaban J connectivity index is 0.00000361. The van der Waals surface area contributed by atoms with Crippen molar-refractivity contribution in [1.29, 1.82) is 0 Å². The Labute approximate surface area is 137 Å². The minimum absolute atomic E-state index is 0. The van der Waals surface area contributed by atoms with E-state index in [9.17, 15) is 4.39 Å². The maximum atomic E-state index is 13.3. The van der Waals surface area contributed by atoms with Crippen LogP contribution in [0, 0.1) is 5.82 Å². The van der Waals surface area contributed by atoms with Crippen LogP contribution in [0.4, 0.5) is 4.39 Å². The third-order valence-electron chi connectivity index (χ3n) is 2.72. The smallest absolute Gasteiger partial charge is 0.188 e. The van der Waals surface area contributed by atoms with Gasteiger partial charge >= 0.3 is 0 Å². The van der Waals surface area contributed by atoms with Gasteiger partial charge in [0.25, 0.3) is 0 Å². The van der Waals surface area contributed by atoms with Gasteiger partial charge in [0.2, 0.25) is 0 Å². The fourth-order valence-corrected chi connectivity index (χ4v) is 1.70. The van der Waals surface area contributed by atoms with E-state index in [2.05, 4.69) is 16.9 Å². The van der Waals surface area contributed by atoms with Gasteiger partial charge in [0.1, 0.15) is 5.82 Å². The number of nitrogens with zero attached hydrogens (tertiary/aromatic N) is 2. The van der Waals surface area contributed by atoms with Crippen molar-refractivity contribution in [3.05, 3.63) is 48.3 Å². The first-order valence-corrected chi connectivity index (χ1v) is 6.11. The zero-order chi connectivity index (χ0) is 14.3. The lowest BCUT2D eigenvalue weighted by molar-refractivity contribution is 0.305. The highest BCUT2D eigenvalue weighted by Crippen LogP contribution is 2.19. The molecule has 112 valence electrons. The summed E-state index contributed by atoms with van der Waals surface area (Å²) in [4.78, 5) is 6.25. The predicted molar refractivity (Wildman–Crippen MR) is 92.9 cm³/mol. The minimum atomic E-state index is -0.244. The molecule has 1 aromatic rings. The number of hydrogen-bond acceptors (Lipinski definition) is 2. The first kappa shape index (κ1) is 18.9. The van der Waals surface area contributed by atoms with E-state index in [1.165, 1.54) is 12.1 Å². The number of halogens is 2. The number of benzene rings is 1. The first-order chi connectivity index (χ1) is 9.04. The molecule has 4 nitrogen and oxygen atoms in total. The number of nitrogens with two attached hydrogens (primary N) is 1. The van der Waals surface area contributed by atoms with Gasteiger partial charge in [0.05, 0.1) is 12.6 Å². The van der Waals surface area contributed by atoms with Crippen molar-refractivity contribution in [3.8, 4) is 0 Å². The Kier molecular flexibility index (Phi) is 9.15. The van der Waals surface area contributed by atoms with Gasteiger partial charge in [-0.2, -0.15) is 0 Å². The number of hydrogen-bond donors (Lipinski definition) is 2. The van der Waals surface area contributed by atoms with Gasteiger partial charge in [-0.1, -0.05) is 18.2 Å². The lowest BCUT2D eigenvalue weighted by Crippen LogP contribution is -2.33. The molecule has 0 bridgehead atoms. The molecule has 0 radical (unpaired) electrons. The highest BCUT2D eigenvalue weighted by atomic mass is 127. The van der Waals surface area contributed by atoms with Crippen LogP contribution >= 0.6 is 24.0 Å². The molecular formula is C14H22FIN4. The van der Waals surface area contributed by atoms with Gasteiger partial charge in [-0.25, -0.2) is 4.39 Å². The molecule has 0 heterocycles. The summed E-state index contributed by atoms with van der Waals surface area (Å²) in [7, 11) is 3.86. The van der Waals surface area contributed by atoms with Gasteiger partial charge in [0, 0.05) is 6.54 Å². The van der Waals surface area contributed by atoms with E-state index in [-0.39, 0.29) is 35.8 Å². The molecule has 20 heavy (non-hydrogen) atoms. The molecule has 0 aromatic heterocycles. The number of likely N-dealkylation sites (N-methyl/N-ethyl adjacent to an activating group) is 1. The van der Waals surface area contributed by atoms with E-state index in [0.29, 0.717) is 19.0 Å². The Morgan fingerprint density at radius 2 is 2.25 bits per heavy atom. The van der Waals surface area contributed by atoms with E-state index in [4.69, 9.17) is 5.73 Å². The van der Waals surface area contributed by atoms with Crippen LogP contribution in [0.15, 0.2) is 41.9 Å². The van der Waals surface area contributed by atoms with Crippen LogP contribution in [-0.4, -0.2) is 38.0 Å². The summed E-state index contributed by atoms with van der Waals surface area (Å²) in [6.45, 7) is 4.63. The Morgan fingerprint density at radius 3 is 2.80 bits per heavy atom. The van der Waals surface area contributed by atoms with Crippen molar-refractivity contribution in [2.75, 3.05) is 27.2 Å². The Bertz CT molecular complexity index is 449. The number of nitrogens with one attached hydrogen (secondary N) is 1. The van der Waals surface area contributed by atoms with Gasteiger partial charge in [-0.3, -0.25) is 4.99 Å². The molecule has 0 aliphatic rings. The summed E-state index contributed by atoms with van der Waals surface area (Å²) < 4.78 is 13.3. The van der Waals surface area contributed by atoms with Gasteiger partial charge in [-0.15, -0.1) is 30.6 Å². The van der Waals surface area contributed by atoms with Crippen LogP contribution in [0.3, 0.4) is 0 Å². The normalized spacial score (nSPS) is 12.7. The molecule has 1 atom stereocenters. The van der Waals surface area contributed by atoms with Crippen LogP contribution in [0.2, 0.25) is 0 Å². The molecular weight excluding hydrogens is 370 g/mol. The minimum Gasteiger partial charge on any atom is -0.370 e. The molecule has 3 N–H and O–H groups in total. The summed E-state index contributed by atoms with van der Waals surface area (Å²) in [5.74, 6) is 0.120. The lowest BCUT2D eigenvalue weighted by atomic mass is 10.1. The summed E-state index contributed by atoms with van der Waals surface area (Å²) in [6, 6.07) is 6.52. The van der Waals surface area contributed by atoms with Crippen molar-refractivity contribution in [3.63, 3.8) is 0 Å². The van der Waals surface area contributed by atoms with Crippen LogP contribution in [0.5, 0.6) is 0 Å². The third-order valence-corrected chi connectivity index (χ3v) is 2.72. The molecule has 6 heteroatoms. The van der Waals surface area contributed by atoms with Crippen molar-refractivity contribution >= 4 is 29.9 Å². The molecule has 0 saturated heterocycles. The maximum Gasteiger partial charge on any atom is 0.188 e. The third kappa shape index (κ3) is 6.33. The molecule has 0 aliphatic heterocycles. The van der Waals surface area contributed by atoms with E-state index < -0.39 is 0 Å². The van der Waals surface area contributed by atoms with Crippen molar-refractivity contribution in [1.82, 2.24) is 10.2 Å². The standard InChI is InChI=1S/C14H21FN4.HI/c1-4-8-17-14(16)18-10-13(19(2)3)11-6-5-7-12(15)9-11;/h4-7,9,13H,1,8,10H2,2-3H3,(H3,16,17,18);1H. The fraction of sp³-hybridized carbons (Fsp3) is 0.357. The zero-order valence-corrected chi connectivity index (χ0v) is 14.2.